The molecule has 1 heterocycles. The van der Waals surface area contributed by atoms with Crippen LogP contribution in [0.4, 0.5) is 21.8 Å². The van der Waals surface area contributed by atoms with Crippen molar-refractivity contribution in [3.63, 3.8) is 0 Å². The first kappa shape index (κ1) is 13.7. The van der Waals surface area contributed by atoms with Crippen molar-refractivity contribution in [1.29, 1.82) is 0 Å². The highest BCUT2D eigenvalue weighted by Crippen LogP contribution is 2.16. The Morgan fingerprint density at radius 1 is 1.50 bits per heavy atom. The number of ether oxygens (including phenoxy) is 1. The lowest BCUT2D eigenvalue weighted by Crippen LogP contribution is -2.06. The van der Waals surface area contributed by atoms with Crippen molar-refractivity contribution in [2.24, 2.45) is 0 Å². The van der Waals surface area contributed by atoms with Crippen molar-refractivity contribution in [3.05, 3.63) is 41.8 Å². The maximum Gasteiger partial charge on any atom is 0.338 e. The number of hydrogen-bond acceptors (Lipinski definition) is 6. The Morgan fingerprint density at radius 2 is 2.30 bits per heavy atom. The van der Waals surface area contributed by atoms with Crippen molar-refractivity contribution < 1.29 is 13.9 Å². The van der Waals surface area contributed by atoms with Gasteiger partial charge < -0.3 is 15.8 Å². The summed E-state index contributed by atoms with van der Waals surface area (Å²) in [6.45, 7) is 2.03. The second kappa shape index (κ2) is 5.96. The Hall–Kier alpha value is -2.70. The molecular formula is C13H13FN4O2. The molecule has 0 fully saturated rings. The number of esters is 1. The van der Waals surface area contributed by atoms with E-state index in [4.69, 9.17) is 10.5 Å². The van der Waals surface area contributed by atoms with E-state index in [-0.39, 0.29) is 11.8 Å². The Morgan fingerprint density at radius 3 is 3.00 bits per heavy atom. The summed E-state index contributed by atoms with van der Waals surface area (Å²) < 4.78 is 17.9. The van der Waals surface area contributed by atoms with Gasteiger partial charge in [0.05, 0.1) is 18.4 Å². The summed E-state index contributed by atoms with van der Waals surface area (Å²) in [6.07, 6.45) is 0.972. The first-order valence-corrected chi connectivity index (χ1v) is 5.92. The van der Waals surface area contributed by atoms with Crippen LogP contribution in [0.2, 0.25) is 0 Å². The van der Waals surface area contributed by atoms with E-state index in [2.05, 4.69) is 15.3 Å². The number of aromatic nitrogens is 2. The summed E-state index contributed by atoms with van der Waals surface area (Å²) in [7, 11) is 0. The topological polar surface area (TPSA) is 90.1 Å². The third-order valence-corrected chi connectivity index (χ3v) is 2.40. The SMILES string of the molecule is CCOC(=O)c1cccc(Nc2ncc(F)c(N)n2)c1. The van der Waals surface area contributed by atoms with Gasteiger partial charge in [-0.1, -0.05) is 6.07 Å². The summed E-state index contributed by atoms with van der Waals surface area (Å²) in [6, 6.07) is 6.61. The van der Waals surface area contributed by atoms with Crippen LogP contribution in [-0.4, -0.2) is 22.5 Å². The van der Waals surface area contributed by atoms with Crippen LogP contribution in [0.25, 0.3) is 0 Å². The molecule has 0 radical (unpaired) electrons. The zero-order chi connectivity index (χ0) is 14.5. The van der Waals surface area contributed by atoms with Crippen molar-refractivity contribution in [2.75, 3.05) is 17.7 Å². The van der Waals surface area contributed by atoms with Crippen molar-refractivity contribution >= 4 is 23.4 Å². The number of hydrogen-bond donors (Lipinski definition) is 2. The minimum absolute atomic E-state index is 0.143. The molecule has 104 valence electrons. The molecule has 0 spiro atoms. The van der Waals surface area contributed by atoms with Crippen LogP contribution in [0, 0.1) is 5.82 Å². The zero-order valence-electron chi connectivity index (χ0n) is 10.8. The zero-order valence-corrected chi connectivity index (χ0v) is 10.8. The molecule has 7 heteroatoms. The van der Waals surface area contributed by atoms with Gasteiger partial charge in [-0.05, 0) is 25.1 Å². The van der Waals surface area contributed by atoms with Gasteiger partial charge in [-0.15, -0.1) is 0 Å². The lowest BCUT2D eigenvalue weighted by molar-refractivity contribution is 0.0526. The molecule has 1 aromatic heterocycles. The quantitative estimate of drug-likeness (QED) is 0.831. The van der Waals surface area contributed by atoms with Crippen LogP contribution in [0.3, 0.4) is 0 Å². The second-order valence-electron chi connectivity index (χ2n) is 3.85. The van der Waals surface area contributed by atoms with Gasteiger partial charge in [0.25, 0.3) is 0 Å². The number of carbonyl (C=O) groups is 1. The number of carbonyl (C=O) groups excluding carboxylic acids is 1. The van der Waals surface area contributed by atoms with Crippen LogP contribution < -0.4 is 11.1 Å². The Balaban J connectivity index is 2.19. The molecule has 0 amide bonds. The Labute approximate surface area is 114 Å². The average Bonchev–Trinajstić information content (AvgIpc) is 2.43. The smallest absolute Gasteiger partial charge is 0.338 e. The van der Waals surface area contributed by atoms with E-state index in [1.165, 1.54) is 0 Å². The molecule has 1 aromatic carbocycles. The van der Waals surface area contributed by atoms with Gasteiger partial charge in [0.2, 0.25) is 5.95 Å². The molecule has 0 bridgehead atoms. The number of halogens is 1. The minimum Gasteiger partial charge on any atom is -0.462 e. The molecule has 0 atom stereocenters. The van der Waals surface area contributed by atoms with Crippen LogP contribution >= 0.6 is 0 Å². The molecule has 0 aliphatic heterocycles. The molecule has 3 N–H and O–H groups in total. The summed E-state index contributed by atoms with van der Waals surface area (Å²) in [4.78, 5) is 19.1. The maximum absolute atomic E-state index is 13.0. The van der Waals surface area contributed by atoms with Crippen LogP contribution in [0.5, 0.6) is 0 Å². The predicted octanol–water partition coefficient (Wildman–Crippen LogP) is 2.12. The molecule has 2 rings (SSSR count). The number of rotatable bonds is 4. The lowest BCUT2D eigenvalue weighted by atomic mass is 10.2. The third kappa shape index (κ3) is 3.19. The molecule has 2 aromatic rings. The van der Waals surface area contributed by atoms with E-state index >= 15 is 0 Å². The number of nitrogens with one attached hydrogen (secondary N) is 1. The normalized spacial score (nSPS) is 10.1. The first-order valence-electron chi connectivity index (χ1n) is 5.92. The Bertz CT molecular complexity index is 634. The molecule has 0 aliphatic rings. The van der Waals surface area contributed by atoms with Gasteiger partial charge in [-0.25, -0.2) is 14.2 Å². The summed E-state index contributed by atoms with van der Waals surface area (Å²) in [5, 5.41) is 2.83. The highest BCUT2D eigenvalue weighted by Gasteiger charge is 2.08. The fourth-order valence-corrected chi connectivity index (χ4v) is 1.51. The monoisotopic (exact) mass is 276 g/mol. The third-order valence-electron chi connectivity index (χ3n) is 2.40. The average molecular weight is 276 g/mol. The van der Waals surface area contributed by atoms with E-state index < -0.39 is 11.8 Å². The summed E-state index contributed by atoms with van der Waals surface area (Å²) in [5.74, 6) is -1.21. The molecule has 0 aliphatic carbocycles. The lowest BCUT2D eigenvalue weighted by Gasteiger charge is -2.07. The van der Waals surface area contributed by atoms with Crippen molar-refractivity contribution in [2.45, 2.75) is 6.92 Å². The number of anilines is 3. The van der Waals surface area contributed by atoms with Gasteiger partial charge in [-0.3, -0.25) is 0 Å². The van der Waals surface area contributed by atoms with Gasteiger partial charge in [0.1, 0.15) is 0 Å². The van der Waals surface area contributed by atoms with Crippen molar-refractivity contribution in [3.8, 4) is 0 Å². The van der Waals surface area contributed by atoms with Crippen molar-refractivity contribution in [1.82, 2.24) is 9.97 Å². The van der Waals surface area contributed by atoms with Gasteiger partial charge in [0, 0.05) is 5.69 Å². The molecule has 0 unspecified atom stereocenters. The Kier molecular flexibility index (Phi) is 4.09. The molecule has 0 saturated carbocycles. The second-order valence-corrected chi connectivity index (χ2v) is 3.85. The van der Waals surface area contributed by atoms with E-state index in [0.717, 1.165) is 6.20 Å². The maximum atomic E-state index is 13.0. The largest absolute Gasteiger partial charge is 0.462 e. The van der Waals surface area contributed by atoms with Gasteiger partial charge >= 0.3 is 5.97 Å². The van der Waals surface area contributed by atoms with Crippen LogP contribution in [-0.2, 0) is 4.74 Å². The number of nitrogen functional groups attached to an aromatic ring is 1. The van der Waals surface area contributed by atoms with Crippen LogP contribution in [0.15, 0.2) is 30.5 Å². The summed E-state index contributed by atoms with van der Waals surface area (Å²) in [5.41, 5.74) is 6.32. The van der Waals surface area contributed by atoms with Gasteiger partial charge in [0.15, 0.2) is 11.6 Å². The predicted molar refractivity (Wildman–Crippen MR) is 72.1 cm³/mol. The van der Waals surface area contributed by atoms with E-state index in [0.29, 0.717) is 17.9 Å². The fourth-order valence-electron chi connectivity index (χ4n) is 1.51. The van der Waals surface area contributed by atoms with Crippen LogP contribution in [0.1, 0.15) is 17.3 Å². The highest BCUT2D eigenvalue weighted by molar-refractivity contribution is 5.90. The number of nitrogens with two attached hydrogens (primary N) is 1. The molecule has 20 heavy (non-hydrogen) atoms. The first-order chi connectivity index (χ1) is 9.60. The number of nitrogens with zero attached hydrogens (tertiary/aromatic N) is 2. The fraction of sp³-hybridized carbons (Fsp3) is 0.154. The van der Waals surface area contributed by atoms with Gasteiger partial charge in [-0.2, -0.15) is 4.98 Å². The summed E-state index contributed by atoms with van der Waals surface area (Å²) >= 11 is 0. The van der Waals surface area contributed by atoms with E-state index in [1.54, 1.807) is 31.2 Å². The molecular weight excluding hydrogens is 263 g/mol. The minimum atomic E-state index is -0.684. The highest BCUT2D eigenvalue weighted by atomic mass is 19.1. The van der Waals surface area contributed by atoms with E-state index in [1.807, 2.05) is 0 Å². The number of benzene rings is 1. The molecule has 6 nitrogen and oxygen atoms in total. The van der Waals surface area contributed by atoms with E-state index in [9.17, 15) is 9.18 Å². The standard InChI is InChI=1S/C13H13FN4O2/c1-2-20-12(19)8-4-3-5-9(6-8)17-13-16-7-10(14)11(15)18-13/h3-7H,2H2,1H3,(H3,15,16,17,18). The molecule has 0 saturated heterocycles.